The summed E-state index contributed by atoms with van der Waals surface area (Å²) >= 11 is 1.58. The quantitative estimate of drug-likeness (QED) is 0.466. The van der Waals surface area contributed by atoms with E-state index in [0.29, 0.717) is 31.4 Å². The molecular formula is C17H18N4O5S. The summed E-state index contributed by atoms with van der Waals surface area (Å²) in [4.78, 5) is 38.4. The number of rotatable bonds is 8. The number of nitrogens with one attached hydrogen (secondary N) is 1. The largest absolute Gasteiger partial charge is 0.419 e. The Balaban J connectivity index is 1.51. The van der Waals surface area contributed by atoms with Crippen molar-refractivity contribution in [1.29, 1.82) is 0 Å². The number of nitro groups is 1. The molecule has 3 rings (SSSR count). The van der Waals surface area contributed by atoms with Gasteiger partial charge in [0.1, 0.15) is 0 Å². The normalized spacial score (nSPS) is 11.0. The van der Waals surface area contributed by atoms with Crippen molar-refractivity contribution in [3.05, 3.63) is 54.9 Å². The van der Waals surface area contributed by atoms with Crippen molar-refractivity contribution in [1.82, 2.24) is 14.9 Å². The van der Waals surface area contributed by atoms with Crippen LogP contribution in [0.15, 0.2) is 32.8 Å². The van der Waals surface area contributed by atoms with Crippen LogP contribution in [0.25, 0.3) is 11.1 Å². The Morgan fingerprint density at radius 3 is 2.96 bits per heavy atom. The lowest BCUT2D eigenvalue weighted by Gasteiger charge is -2.05. The number of oxazole rings is 1. The highest BCUT2D eigenvalue weighted by Crippen LogP contribution is 2.20. The molecule has 27 heavy (non-hydrogen) atoms. The van der Waals surface area contributed by atoms with Crippen molar-refractivity contribution in [3.63, 3.8) is 0 Å². The zero-order chi connectivity index (χ0) is 19.4. The van der Waals surface area contributed by atoms with E-state index in [9.17, 15) is 19.7 Å². The number of aryl methyl sites for hydroxylation is 2. The van der Waals surface area contributed by atoms with Crippen LogP contribution in [0, 0.1) is 17.0 Å². The molecule has 0 bridgehead atoms. The molecule has 3 aromatic rings. The van der Waals surface area contributed by atoms with Gasteiger partial charge in [-0.25, -0.2) is 9.78 Å². The summed E-state index contributed by atoms with van der Waals surface area (Å²) < 4.78 is 6.44. The Hall–Kier alpha value is -3.01. The Bertz CT molecular complexity index is 1040. The molecule has 142 valence electrons. The van der Waals surface area contributed by atoms with Gasteiger partial charge in [-0.1, -0.05) is 0 Å². The molecule has 0 aliphatic carbocycles. The van der Waals surface area contributed by atoms with E-state index in [0.717, 1.165) is 10.7 Å². The van der Waals surface area contributed by atoms with Crippen LogP contribution in [-0.4, -0.2) is 26.9 Å². The van der Waals surface area contributed by atoms with Gasteiger partial charge in [-0.3, -0.25) is 19.5 Å². The lowest BCUT2D eigenvalue weighted by atomic mass is 10.2. The Labute approximate surface area is 157 Å². The maximum Gasteiger partial charge on any atom is 0.419 e. The molecule has 1 amide bonds. The first-order valence-electron chi connectivity index (χ1n) is 8.39. The third-order valence-electron chi connectivity index (χ3n) is 4.02. The van der Waals surface area contributed by atoms with Crippen molar-refractivity contribution in [2.24, 2.45) is 0 Å². The van der Waals surface area contributed by atoms with Gasteiger partial charge in [0.25, 0.3) is 5.69 Å². The molecule has 0 radical (unpaired) electrons. The molecule has 0 aliphatic heterocycles. The van der Waals surface area contributed by atoms with Crippen molar-refractivity contribution >= 4 is 34.0 Å². The SMILES string of the molecule is Cc1nc(CCNC(=O)CCCn2c(=O)oc3cc([N+](=O)[O-])ccc32)cs1. The smallest absolute Gasteiger partial charge is 0.407 e. The van der Waals surface area contributed by atoms with Gasteiger partial charge in [0.15, 0.2) is 5.58 Å². The minimum atomic E-state index is -0.593. The summed E-state index contributed by atoms with van der Waals surface area (Å²) in [5.41, 5.74) is 1.46. The van der Waals surface area contributed by atoms with Gasteiger partial charge >= 0.3 is 5.76 Å². The monoisotopic (exact) mass is 390 g/mol. The number of hydrogen-bond donors (Lipinski definition) is 1. The third kappa shape index (κ3) is 4.59. The predicted molar refractivity (Wildman–Crippen MR) is 99.9 cm³/mol. The molecule has 0 atom stereocenters. The molecule has 9 nitrogen and oxygen atoms in total. The Morgan fingerprint density at radius 1 is 1.44 bits per heavy atom. The number of aromatic nitrogens is 2. The van der Waals surface area contributed by atoms with Crippen LogP contribution in [0.4, 0.5) is 5.69 Å². The van der Waals surface area contributed by atoms with Crippen molar-refractivity contribution in [2.75, 3.05) is 6.54 Å². The minimum absolute atomic E-state index is 0.0987. The number of carbonyl (C=O) groups excluding carboxylic acids is 1. The number of nitrogens with zero attached hydrogens (tertiary/aromatic N) is 3. The first-order valence-corrected chi connectivity index (χ1v) is 9.27. The summed E-state index contributed by atoms with van der Waals surface area (Å²) in [5.74, 6) is -0.691. The van der Waals surface area contributed by atoms with Crippen LogP contribution >= 0.6 is 11.3 Å². The molecule has 0 spiro atoms. The molecule has 1 aromatic carbocycles. The van der Waals surface area contributed by atoms with Gasteiger partial charge < -0.3 is 9.73 Å². The van der Waals surface area contributed by atoms with Crippen LogP contribution in [0.2, 0.25) is 0 Å². The number of nitro benzene ring substituents is 1. The Morgan fingerprint density at radius 2 is 2.26 bits per heavy atom. The average Bonchev–Trinajstić information content (AvgIpc) is 3.17. The second-order valence-electron chi connectivity index (χ2n) is 5.99. The maximum atomic E-state index is 11.9. The predicted octanol–water partition coefficient (Wildman–Crippen LogP) is 2.41. The van der Waals surface area contributed by atoms with Crippen LogP contribution < -0.4 is 11.1 Å². The third-order valence-corrected chi connectivity index (χ3v) is 4.84. The van der Waals surface area contributed by atoms with Gasteiger partial charge in [-0.2, -0.15) is 0 Å². The molecule has 0 saturated carbocycles. The number of fused-ring (bicyclic) bond motifs is 1. The second kappa shape index (κ2) is 8.12. The zero-order valence-electron chi connectivity index (χ0n) is 14.6. The van der Waals surface area contributed by atoms with Crippen LogP contribution in [-0.2, 0) is 17.8 Å². The minimum Gasteiger partial charge on any atom is -0.407 e. The molecular weight excluding hydrogens is 372 g/mol. The topological polar surface area (TPSA) is 120 Å². The molecule has 10 heteroatoms. The fourth-order valence-electron chi connectivity index (χ4n) is 2.72. The number of non-ortho nitro benzene ring substituents is 1. The molecule has 2 heterocycles. The van der Waals surface area contributed by atoms with E-state index >= 15 is 0 Å². The molecule has 0 aliphatic rings. The van der Waals surface area contributed by atoms with E-state index in [1.165, 1.54) is 22.8 Å². The van der Waals surface area contributed by atoms with Crippen LogP contribution in [0.3, 0.4) is 0 Å². The van der Waals surface area contributed by atoms with E-state index < -0.39 is 10.7 Å². The Kier molecular flexibility index (Phi) is 5.65. The number of thiazole rings is 1. The number of benzene rings is 1. The number of carbonyl (C=O) groups is 1. The highest BCUT2D eigenvalue weighted by molar-refractivity contribution is 7.09. The molecule has 1 N–H and O–H groups in total. The van der Waals surface area contributed by atoms with Crippen LogP contribution in [0.5, 0.6) is 0 Å². The first-order chi connectivity index (χ1) is 12.9. The molecule has 0 saturated heterocycles. The summed E-state index contributed by atoms with van der Waals surface area (Å²) in [5, 5.41) is 16.6. The van der Waals surface area contributed by atoms with Crippen molar-refractivity contribution in [3.8, 4) is 0 Å². The van der Waals surface area contributed by atoms with E-state index in [-0.39, 0.29) is 23.6 Å². The van der Waals surface area contributed by atoms with E-state index in [1.54, 1.807) is 11.3 Å². The lowest BCUT2D eigenvalue weighted by molar-refractivity contribution is -0.384. The van der Waals surface area contributed by atoms with Gasteiger partial charge in [0.2, 0.25) is 5.91 Å². The average molecular weight is 390 g/mol. The summed E-state index contributed by atoms with van der Waals surface area (Å²) in [6.07, 6.45) is 1.40. The highest BCUT2D eigenvalue weighted by atomic mass is 32.1. The van der Waals surface area contributed by atoms with E-state index in [4.69, 9.17) is 4.42 Å². The summed E-state index contributed by atoms with van der Waals surface area (Å²) in [6.45, 7) is 2.75. The van der Waals surface area contributed by atoms with E-state index in [1.807, 2.05) is 12.3 Å². The first kappa shape index (κ1) is 18.8. The fourth-order valence-corrected chi connectivity index (χ4v) is 3.37. The van der Waals surface area contributed by atoms with Gasteiger partial charge in [0, 0.05) is 37.4 Å². The molecule has 2 aromatic heterocycles. The van der Waals surface area contributed by atoms with Crippen molar-refractivity contribution < 1.29 is 14.1 Å². The fraction of sp³-hybridized carbons (Fsp3) is 0.353. The second-order valence-corrected chi connectivity index (χ2v) is 7.05. The maximum absolute atomic E-state index is 11.9. The number of hydrogen-bond acceptors (Lipinski definition) is 7. The lowest BCUT2D eigenvalue weighted by Crippen LogP contribution is -2.26. The summed E-state index contributed by atoms with van der Waals surface area (Å²) in [6, 6.07) is 4.02. The van der Waals surface area contributed by atoms with Gasteiger partial charge in [-0.15, -0.1) is 11.3 Å². The highest BCUT2D eigenvalue weighted by Gasteiger charge is 2.14. The molecule has 0 unspecified atom stereocenters. The standard InChI is InChI=1S/C17H18N4O5S/c1-11-19-12(10-27-11)6-7-18-16(22)3-2-8-20-14-5-4-13(21(24)25)9-15(14)26-17(20)23/h4-5,9-10H,2-3,6-8H2,1H3,(H,18,22). The van der Waals surface area contributed by atoms with E-state index in [2.05, 4.69) is 10.3 Å². The van der Waals surface area contributed by atoms with Gasteiger partial charge in [-0.05, 0) is 19.4 Å². The van der Waals surface area contributed by atoms with Gasteiger partial charge in [0.05, 0.1) is 27.2 Å². The van der Waals surface area contributed by atoms with Crippen LogP contribution in [0.1, 0.15) is 23.5 Å². The number of amides is 1. The molecule has 0 fully saturated rings. The van der Waals surface area contributed by atoms with Crippen molar-refractivity contribution in [2.45, 2.75) is 32.7 Å². The summed E-state index contributed by atoms with van der Waals surface area (Å²) in [7, 11) is 0. The zero-order valence-corrected chi connectivity index (χ0v) is 15.5.